The molecule has 2 N–H and O–H groups in total. The van der Waals surface area contributed by atoms with Gasteiger partial charge in [-0.25, -0.2) is 12.7 Å². The van der Waals surface area contributed by atoms with Crippen LogP contribution in [0, 0.1) is 5.92 Å². The summed E-state index contributed by atoms with van der Waals surface area (Å²) in [6, 6.07) is 0. The molecule has 1 aromatic heterocycles. The Labute approximate surface area is 108 Å². The van der Waals surface area contributed by atoms with Crippen LogP contribution in [-0.2, 0) is 16.6 Å². The number of piperidine rings is 1. The Balaban J connectivity index is 1.92. The number of hydrogen-bond donors (Lipinski definition) is 2. The van der Waals surface area contributed by atoms with Crippen LogP contribution in [0.2, 0.25) is 0 Å². The normalized spacial score (nSPS) is 21.3. The Morgan fingerprint density at radius 2 is 2.39 bits per heavy atom. The monoisotopic (exact) mass is 272 g/mol. The van der Waals surface area contributed by atoms with Gasteiger partial charge in [-0.1, -0.05) is 0 Å². The maximum atomic E-state index is 12.2. The molecular weight excluding hydrogens is 252 g/mol. The highest BCUT2D eigenvalue weighted by Gasteiger charge is 2.24. The van der Waals surface area contributed by atoms with E-state index in [0.29, 0.717) is 6.54 Å². The van der Waals surface area contributed by atoms with Gasteiger partial charge in [0.1, 0.15) is 0 Å². The standard InChI is InChI=1S/C11H20N4O2S/c1-15(8-11-6-13-14-7-11)18(16,17)9-10-3-2-4-12-5-10/h6-7,10,12H,2-5,8-9H2,1H3,(H,13,14). The largest absolute Gasteiger partial charge is 0.316 e. The van der Waals surface area contributed by atoms with Crippen LogP contribution < -0.4 is 5.32 Å². The summed E-state index contributed by atoms with van der Waals surface area (Å²) in [6.45, 7) is 2.18. The van der Waals surface area contributed by atoms with Crippen LogP contribution in [0.1, 0.15) is 18.4 Å². The van der Waals surface area contributed by atoms with Crippen LogP contribution in [0.3, 0.4) is 0 Å². The van der Waals surface area contributed by atoms with Crippen molar-refractivity contribution in [3.05, 3.63) is 18.0 Å². The molecule has 1 aromatic rings. The van der Waals surface area contributed by atoms with Gasteiger partial charge < -0.3 is 5.32 Å². The zero-order valence-electron chi connectivity index (χ0n) is 10.6. The SMILES string of the molecule is CN(Cc1cn[nH]c1)S(=O)(=O)CC1CCCNC1. The molecule has 1 fully saturated rings. The smallest absolute Gasteiger partial charge is 0.214 e. The number of sulfonamides is 1. The predicted octanol–water partition coefficient (Wildman–Crippen LogP) is 0.171. The van der Waals surface area contributed by atoms with Crippen LogP contribution in [-0.4, -0.2) is 48.8 Å². The van der Waals surface area contributed by atoms with Crippen molar-refractivity contribution in [1.29, 1.82) is 0 Å². The molecule has 0 aliphatic carbocycles. The Bertz CT molecular complexity index is 451. The molecule has 0 amide bonds. The molecule has 0 saturated carbocycles. The fourth-order valence-corrected chi connectivity index (χ4v) is 3.69. The minimum atomic E-state index is -3.18. The van der Waals surface area contributed by atoms with Crippen molar-refractivity contribution >= 4 is 10.0 Å². The number of rotatable bonds is 5. The van der Waals surface area contributed by atoms with E-state index in [9.17, 15) is 8.42 Å². The van der Waals surface area contributed by atoms with E-state index in [1.807, 2.05) is 0 Å². The van der Waals surface area contributed by atoms with E-state index in [-0.39, 0.29) is 11.7 Å². The average molecular weight is 272 g/mol. The molecule has 1 unspecified atom stereocenters. The quantitative estimate of drug-likeness (QED) is 0.801. The zero-order chi connectivity index (χ0) is 13.0. The van der Waals surface area contributed by atoms with Crippen LogP contribution >= 0.6 is 0 Å². The second-order valence-corrected chi connectivity index (χ2v) is 6.97. The van der Waals surface area contributed by atoms with E-state index in [4.69, 9.17) is 0 Å². The first-order valence-electron chi connectivity index (χ1n) is 6.20. The number of aromatic nitrogens is 2. The zero-order valence-corrected chi connectivity index (χ0v) is 11.4. The summed E-state index contributed by atoms with van der Waals surface area (Å²) in [5.74, 6) is 0.462. The van der Waals surface area contributed by atoms with Crippen LogP contribution in [0.5, 0.6) is 0 Å². The molecule has 102 valence electrons. The lowest BCUT2D eigenvalue weighted by molar-refractivity contribution is 0.391. The molecule has 7 heteroatoms. The molecule has 18 heavy (non-hydrogen) atoms. The molecule has 1 atom stereocenters. The Hall–Kier alpha value is -0.920. The first kappa shape index (κ1) is 13.5. The van der Waals surface area contributed by atoms with E-state index in [1.54, 1.807) is 19.4 Å². The van der Waals surface area contributed by atoms with E-state index >= 15 is 0 Å². The van der Waals surface area contributed by atoms with Crippen LogP contribution in [0.25, 0.3) is 0 Å². The summed E-state index contributed by atoms with van der Waals surface area (Å²) in [6.07, 6.45) is 5.42. The predicted molar refractivity (Wildman–Crippen MR) is 69.4 cm³/mol. The maximum Gasteiger partial charge on any atom is 0.214 e. The van der Waals surface area contributed by atoms with Gasteiger partial charge in [0.25, 0.3) is 0 Å². The van der Waals surface area contributed by atoms with E-state index in [2.05, 4.69) is 15.5 Å². The first-order chi connectivity index (χ1) is 8.58. The summed E-state index contributed by atoms with van der Waals surface area (Å²) in [7, 11) is -1.56. The third-order valence-corrected chi connectivity index (χ3v) is 5.25. The Kier molecular flexibility index (Phi) is 4.36. The molecule has 2 heterocycles. The van der Waals surface area contributed by atoms with Gasteiger partial charge in [-0.3, -0.25) is 5.10 Å². The molecule has 0 aromatic carbocycles. The third kappa shape index (κ3) is 3.54. The lowest BCUT2D eigenvalue weighted by Crippen LogP contribution is -2.38. The topological polar surface area (TPSA) is 78.1 Å². The third-order valence-electron chi connectivity index (χ3n) is 3.28. The molecule has 1 saturated heterocycles. The Morgan fingerprint density at radius 3 is 3.00 bits per heavy atom. The molecule has 1 aliphatic heterocycles. The van der Waals surface area contributed by atoms with E-state index in [0.717, 1.165) is 31.5 Å². The highest BCUT2D eigenvalue weighted by atomic mass is 32.2. The van der Waals surface area contributed by atoms with Crippen molar-refractivity contribution in [2.24, 2.45) is 5.92 Å². The summed E-state index contributed by atoms with van der Waals surface area (Å²) < 4.78 is 25.8. The molecule has 0 spiro atoms. The van der Waals surface area contributed by atoms with Gasteiger partial charge in [-0.05, 0) is 31.8 Å². The highest BCUT2D eigenvalue weighted by molar-refractivity contribution is 7.89. The van der Waals surface area contributed by atoms with E-state index < -0.39 is 10.0 Å². The molecular formula is C11H20N4O2S. The fraction of sp³-hybridized carbons (Fsp3) is 0.727. The maximum absolute atomic E-state index is 12.2. The Morgan fingerprint density at radius 1 is 1.56 bits per heavy atom. The highest BCUT2D eigenvalue weighted by Crippen LogP contribution is 2.15. The number of nitrogens with zero attached hydrogens (tertiary/aromatic N) is 2. The molecule has 0 bridgehead atoms. The summed E-state index contributed by atoms with van der Waals surface area (Å²) >= 11 is 0. The molecule has 2 rings (SSSR count). The van der Waals surface area contributed by atoms with Crippen molar-refractivity contribution in [3.8, 4) is 0 Å². The van der Waals surface area contributed by atoms with Gasteiger partial charge in [0.2, 0.25) is 10.0 Å². The van der Waals surface area contributed by atoms with Crippen LogP contribution in [0.4, 0.5) is 0 Å². The van der Waals surface area contributed by atoms with Gasteiger partial charge in [-0.2, -0.15) is 5.10 Å². The average Bonchev–Trinajstić information content (AvgIpc) is 2.82. The van der Waals surface area contributed by atoms with Gasteiger partial charge >= 0.3 is 0 Å². The van der Waals surface area contributed by atoms with Gasteiger partial charge in [0.15, 0.2) is 0 Å². The van der Waals surface area contributed by atoms with Crippen molar-refractivity contribution < 1.29 is 8.42 Å². The summed E-state index contributed by atoms with van der Waals surface area (Å²) in [5, 5.41) is 9.75. The second kappa shape index (κ2) is 5.81. The van der Waals surface area contributed by atoms with Crippen molar-refractivity contribution in [2.45, 2.75) is 19.4 Å². The molecule has 0 radical (unpaired) electrons. The van der Waals surface area contributed by atoms with Crippen molar-refractivity contribution in [3.63, 3.8) is 0 Å². The van der Waals surface area contributed by atoms with Crippen LogP contribution in [0.15, 0.2) is 12.4 Å². The molecule has 6 nitrogen and oxygen atoms in total. The van der Waals surface area contributed by atoms with Crippen molar-refractivity contribution in [1.82, 2.24) is 19.8 Å². The number of H-pyrrole nitrogens is 1. The first-order valence-corrected chi connectivity index (χ1v) is 7.81. The summed E-state index contributed by atoms with van der Waals surface area (Å²) in [5.41, 5.74) is 0.878. The van der Waals surface area contributed by atoms with E-state index in [1.165, 1.54) is 4.31 Å². The van der Waals surface area contributed by atoms with Gasteiger partial charge in [-0.15, -0.1) is 0 Å². The molecule has 1 aliphatic rings. The number of aromatic amines is 1. The number of hydrogen-bond acceptors (Lipinski definition) is 4. The second-order valence-electron chi connectivity index (χ2n) is 4.85. The lowest BCUT2D eigenvalue weighted by atomic mass is 10.0. The summed E-state index contributed by atoms with van der Waals surface area (Å²) in [4.78, 5) is 0. The number of nitrogens with one attached hydrogen (secondary N) is 2. The van der Waals surface area contributed by atoms with Gasteiger partial charge in [0.05, 0.1) is 11.9 Å². The van der Waals surface area contributed by atoms with Crippen molar-refractivity contribution in [2.75, 3.05) is 25.9 Å². The minimum absolute atomic E-state index is 0.231. The minimum Gasteiger partial charge on any atom is -0.316 e. The fourth-order valence-electron chi connectivity index (χ4n) is 2.21. The van der Waals surface area contributed by atoms with Gasteiger partial charge in [0, 0.05) is 25.4 Å². The lowest BCUT2D eigenvalue weighted by Gasteiger charge is -2.25.